The Bertz CT molecular complexity index is 1500. The van der Waals surface area contributed by atoms with Gasteiger partial charge in [-0.25, -0.2) is 4.98 Å². The van der Waals surface area contributed by atoms with Crippen LogP contribution in [0.15, 0.2) is 75.0 Å². The first-order chi connectivity index (χ1) is 16.9. The van der Waals surface area contributed by atoms with Crippen LogP contribution in [0.5, 0.6) is 5.75 Å². The van der Waals surface area contributed by atoms with E-state index in [0.717, 1.165) is 20.0 Å². The number of hydrogen-bond donors (Lipinski definition) is 0. The molecule has 0 unspecified atom stereocenters. The van der Waals surface area contributed by atoms with Gasteiger partial charge in [-0.05, 0) is 76.5 Å². The first-order valence-electron chi connectivity index (χ1n) is 10.8. The predicted molar refractivity (Wildman–Crippen MR) is 147 cm³/mol. The molecule has 4 rings (SSSR count). The third-order valence-electron chi connectivity index (χ3n) is 5.14. The quantitative estimate of drug-likeness (QED) is 0.0999. The normalized spacial score (nSPS) is 11.3. The molecule has 0 atom stereocenters. The van der Waals surface area contributed by atoms with Crippen LogP contribution < -0.4 is 10.3 Å². The molecule has 1 aromatic heterocycles. The summed E-state index contributed by atoms with van der Waals surface area (Å²) in [5.74, 6) is 1.26. The molecule has 0 fully saturated rings. The van der Waals surface area contributed by atoms with E-state index < -0.39 is 4.92 Å². The van der Waals surface area contributed by atoms with Crippen LogP contribution in [0.1, 0.15) is 30.3 Å². The third kappa shape index (κ3) is 5.93. The molecule has 4 aromatic rings. The summed E-state index contributed by atoms with van der Waals surface area (Å²) in [6.07, 6.45) is 3.08. The number of benzene rings is 3. The number of aryl methyl sites for hydroxylation is 1. The fourth-order valence-electron chi connectivity index (χ4n) is 3.46. The van der Waals surface area contributed by atoms with Gasteiger partial charge >= 0.3 is 0 Å². The van der Waals surface area contributed by atoms with Crippen molar-refractivity contribution in [1.82, 2.24) is 9.66 Å². The number of halogens is 2. The number of hydrogen-bond acceptors (Lipinski definition) is 6. The third-order valence-corrected chi connectivity index (χ3v) is 6.48. The summed E-state index contributed by atoms with van der Waals surface area (Å²) >= 11 is 5.57. The van der Waals surface area contributed by atoms with Gasteiger partial charge < -0.3 is 4.74 Å². The summed E-state index contributed by atoms with van der Waals surface area (Å²) in [5, 5.41) is 15.9. The van der Waals surface area contributed by atoms with Crippen molar-refractivity contribution < 1.29 is 9.66 Å². The molecule has 0 N–H and O–H groups in total. The second kappa shape index (κ2) is 11.1. The molecular formula is C25H20BrIN4O4. The molecule has 0 amide bonds. The summed E-state index contributed by atoms with van der Waals surface area (Å²) in [6.45, 7) is 2.24. The van der Waals surface area contributed by atoms with Crippen molar-refractivity contribution >= 4 is 61.3 Å². The average molecular weight is 647 g/mol. The van der Waals surface area contributed by atoms with E-state index in [-0.39, 0.29) is 17.9 Å². The van der Waals surface area contributed by atoms with Crippen LogP contribution in [0.25, 0.3) is 10.9 Å². The van der Waals surface area contributed by atoms with Crippen molar-refractivity contribution in [2.45, 2.75) is 26.4 Å². The second-order valence-electron chi connectivity index (χ2n) is 7.71. The maximum atomic E-state index is 13.1. The van der Waals surface area contributed by atoms with Crippen molar-refractivity contribution in [3.8, 4) is 5.75 Å². The van der Waals surface area contributed by atoms with E-state index in [0.29, 0.717) is 34.5 Å². The molecule has 0 saturated carbocycles. The van der Waals surface area contributed by atoms with Crippen molar-refractivity contribution in [1.29, 1.82) is 0 Å². The molecule has 0 aliphatic heterocycles. The largest absolute Gasteiger partial charge is 0.488 e. The van der Waals surface area contributed by atoms with Crippen molar-refractivity contribution in [3.05, 3.63) is 106 Å². The number of nitro groups is 1. The highest BCUT2D eigenvalue weighted by molar-refractivity contribution is 14.1. The SMILES string of the molecule is CCCc1nc2ccc(Br)cc2c(=O)n1N=Cc1ccc(OCc2cccc([N+](=O)[O-])c2)c(I)c1. The van der Waals surface area contributed by atoms with Crippen molar-refractivity contribution in [3.63, 3.8) is 0 Å². The van der Waals surface area contributed by atoms with Crippen LogP contribution >= 0.6 is 38.5 Å². The van der Waals surface area contributed by atoms with Gasteiger partial charge in [0.15, 0.2) is 0 Å². The number of aromatic nitrogens is 2. The molecule has 10 heteroatoms. The van der Waals surface area contributed by atoms with Gasteiger partial charge in [-0.1, -0.05) is 35.0 Å². The van der Waals surface area contributed by atoms with Gasteiger partial charge in [0.2, 0.25) is 0 Å². The lowest BCUT2D eigenvalue weighted by atomic mass is 10.2. The molecule has 0 radical (unpaired) electrons. The van der Waals surface area contributed by atoms with E-state index in [1.165, 1.54) is 16.8 Å². The van der Waals surface area contributed by atoms with E-state index >= 15 is 0 Å². The molecular weight excluding hydrogens is 627 g/mol. The van der Waals surface area contributed by atoms with E-state index in [1.54, 1.807) is 24.4 Å². The van der Waals surface area contributed by atoms with E-state index in [9.17, 15) is 14.9 Å². The van der Waals surface area contributed by atoms with Crippen LogP contribution in [-0.4, -0.2) is 20.8 Å². The fourth-order valence-corrected chi connectivity index (χ4v) is 4.52. The summed E-state index contributed by atoms with van der Waals surface area (Å²) < 4.78 is 8.87. The molecule has 178 valence electrons. The minimum Gasteiger partial charge on any atom is -0.488 e. The van der Waals surface area contributed by atoms with Crippen LogP contribution in [0.4, 0.5) is 5.69 Å². The monoisotopic (exact) mass is 646 g/mol. The number of fused-ring (bicyclic) bond motifs is 1. The Morgan fingerprint density at radius 3 is 2.77 bits per heavy atom. The molecule has 8 nitrogen and oxygen atoms in total. The fraction of sp³-hybridized carbons (Fsp3) is 0.160. The summed E-state index contributed by atoms with van der Waals surface area (Å²) in [5.41, 5.74) is 1.95. The molecule has 0 saturated heterocycles. The molecule has 0 bridgehead atoms. The van der Waals surface area contributed by atoms with Gasteiger partial charge in [-0.3, -0.25) is 14.9 Å². The standard InChI is InChI=1S/C25H20BrIN4O4/c1-2-4-24-29-22-9-8-18(26)13-20(22)25(32)30(24)28-14-16-7-10-23(21(27)12-16)35-15-17-5-3-6-19(11-17)31(33)34/h3,5-14H,2,4,15H2,1H3. The highest BCUT2D eigenvalue weighted by atomic mass is 127. The minimum atomic E-state index is -0.428. The van der Waals surface area contributed by atoms with Gasteiger partial charge in [-0.2, -0.15) is 9.78 Å². The predicted octanol–water partition coefficient (Wildman–Crippen LogP) is 6.09. The second-order valence-corrected chi connectivity index (χ2v) is 9.78. The Balaban J connectivity index is 1.57. The molecule has 1 heterocycles. The van der Waals surface area contributed by atoms with E-state index in [2.05, 4.69) is 48.6 Å². The summed E-state index contributed by atoms with van der Waals surface area (Å²) in [6, 6.07) is 17.3. The lowest BCUT2D eigenvalue weighted by Crippen LogP contribution is -2.22. The van der Waals surface area contributed by atoms with Crippen molar-refractivity contribution in [2.24, 2.45) is 5.10 Å². The Kier molecular flexibility index (Phi) is 7.91. The zero-order valence-corrected chi connectivity index (χ0v) is 22.4. The maximum Gasteiger partial charge on any atom is 0.282 e. The molecule has 3 aromatic carbocycles. The van der Waals surface area contributed by atoms with Crippen LogP contribution in [-0.2, 0) is 13.0 Å². The lowest BCUT2D eigenvalue weighted by molar-refractivity contribution is -0.384. The first-order valence-corrected chi connectivity index (χ1v) is 12.6. The highest BCUT2D eigenvalue weighted by Gasteiger charge is 2.11. The Hall–Kier alpha value is -3.12. The van der Waals surface area contributed by atoms with Gasteiger partial charge in [0.05, 0.1) is 25.6 Å². The van der Waals surface area contributed by atoms with Gasteiger partial charge in [-0.15, -0.1) is 0 Å². The average Bonchev–Trinajstić information content (AvgIpc) is 2.84. The van der Waals surface area contributed by atoms with Gasteiger partial charge in [0.1, 0.15) is 18.2 Å². The number of nitro benzene ring substituents is 1. The number of nitrogens with zero attached hydrogens (tertiary/aromatic N) is 4. The molecule has 35 heavy (non-hydrogen) atoms. The zero-order chi connectivity index (χ0) is 24.9. The Labute approximate surface area is 223 Å². The van der Waals surface area contributed by atoms with E-state index in [4.69, 9.17) is 4.74 Å². The maximum absolute atomic E-state index is 13.1. The minimum absolute atomic E-state index is 0.0283. The molecule has 0 spiro atoms. The Morgan fingerprint density at radius 1 is 1.20 bits per heavy atom. The van der Waals surface area contributed by atoms with E-state index in [1.807, 2.05) is 37.3 Å². The number of ether oxygens (including phenoxy) is 1. The van der Waals surface area contributed by atoms with Crippen LogP contribution in [0.2, 0.25) is 0 Å². The Morgan fingerprint density at radius 2 is 2.03 bits per heavy atom. The number of non-ortho nitro benzene ring substituents is 1. The topological polar surface area (TPSA) is 99.6 Å². The van der Waals surface area contributed by atoms with Gasteiger partial charge in [0.25, 0.3) is 11.2 Å². The summed E-state index contributed by atoms with van der Waals surface area (Å²) in [7, 11) is 0. The van der Waals surface area contributed by atoms with Gasteiger partial charge in [0, 0.05) is 23.0 Å². The molecule has 0 aliphatic rings. The molecule has 0 aliphatic carbocycles. The highest BCUT2D eigenvalue weighted by Crippen LogP contribution is 2.24. The van der Waals surface area contributed by atoms with Crippen LogP contribution in [0.3, 0.4) is 0 Å². The number of rotatable bonds is 8. The van der Waals surface area contributed by atoms with Crippen molar-refractivity contribution in [2.75, 3.05) is 0 Å². The summed E-state index contributed by atoms with van der Waals surface area (Å²) in [4.78, 5) is 28.3. The lowest BCUT2D eigenvalue weighted by Gasteiger charge is -2.10. The van der Waals surface area contributed by atoms with Crippen LogP contribution in [0, 0.1) is 13.7 Å². The smallest absolute Gasteiger partial charge is 0.282 e. The zero-order valence-electron chi connectivity index (χ0n) is 18.6. The first kappa shape index (κ1) is 25.0.